The SMILES string of the molecule is c1cc(-c2noc(C3CC3)n2)ncn1. The molecule has 0 aliphatic heterocycles. The molecule has 14 heavy (non-hydrogen) atoms. The van der Waals surface area contributed by atoms with Crippen LogP contribution in [0.5, 0.6) is 0 Å². The van der Waals surface area contributed by atoms with Crippen LogP contribution in [0.4, 0.5) is 0 Å². The molecule has 1 fully saturated rings. The first-order valence-corrected chi connectivity index (χ1v) is 4.53. The van der Waals surface area contributed by atoms with E-state index in [2.05, 4.69) is 20.1 Å². The van der Waals surface area contributed by atoms with E-state index in [4.69, 9.17) is 4.52 Å². The molecule has 0 radical (unpaired) electrons. The average molecular weight is 188 g/mol. The van der Waals surface area contributed by atoms with Crippen molar-refractivity contribution >= 4 is 0 Å². The van der Waals surface area contributed by atoms with Gasteiger partial charge in [0.15, 0.2) is 0 Å². The molecule has 3 rings (SSSR count). The molecular weight excluding hydrogens is 180 g/mol. The van der Waals surface area contributed by atoms with Crippen LogP contribution >= 0.6 is 0 Å². The van der Waals surface area contributed by atoms with Crippen LogP contribution < -0.4 is 0 Å². The lowest BCUT2D eigenvalue weighted by Crippen LogP contribution is -1.86. The standard InChI is InChI=1S/C9H8N4O/c1-2-6(1)9-12-8(13-14-9)7-3-4-10-5-11-7/h3-6H,1-2H2. The molecule has 0 spiro atoms. The number of hydrogen-bond donors (Lipinski definition) is 0. The summed E-state index contributed by atoms with van der Waals surface area (Å²) in [5, 5.41) is 3.87. The van der Waals surface area contributed by atoms with E-state index in [0.717, 1.165) is 18.7 Å². The molecule has 1 saturated carbocycles. The second-order valence-electron chi connectivity index (χ2n) is 3.33. The van der Waals surface area contributed by atoms with Gasteiger partial charge < -0.3 is 4.52 Å². The Labute approximate surface area is 80.2 Å². The van der Waals surface area contributed by atoms with Gasteiger partial charge in [-0.15, -0.1) is 0 Å². The fourth-order valence-corrected chi connectivity index (χ4v) is 1.26. The van der Waals surface area contributed by atoms with E-state index in [1.165, 1.54) is 6.33 Å². The molecule has 2 heterocycles. The van der Waals surface area contributed by atoms with Crippen molar-refractivity contribution in [3.05, 3.63) is 24.5 Å². The van der Waals surface area contributed by atoms with Crippen LogP contribution in [-0.4, -0.2) is 20.1 Å². The minimum absolute atomic E-state index is 0.484. The van der Waals surface area contributed by atoms with Crippen molar-refractivity contribution in [2.45, 2.75) is 18.8 Å². The van der Waals surface area contributed by atoms with Crippen LogP contribution in [0.1, 0.15) is 24.7 Å². The molecule has 5 heteroatoms. The maximum absolute atomic E-state index is 5.12. The Bertz CT molecular complexity index is 435. The Morgan fingerprint density at radius 2 is 2.29 bits per heavy atom. The minimum atomic E-state index is 0.484. The Balaban J connectivity index is 1.96. The average Bonchev–Trinajstić information content (AvgIpc) is 2.98. The number of nitrogens with zero attached hydrogens (tertiary/aromatic N) is 4. The van der Waals surface area contributed by atoms with Crippen LogP contribution in [-0.2, 0) is 0 Å². The van der Waals surface area contributed by atoms with Crippen molar-refractivity contribution in [3.63, 3.8) is 0 Å². The summed E-state index contributed by atoms with van der Waals surface area (Å²) in [7, 11) is 0. The first kappa shape index (κ1) is 7.61. The topological polar surface area (TPSA) is 64.7 Å². The van der Waals surface area contributed by atoms with E-state index >= 15 is 0 Å². The van der Waals surface area contributed by atoms with Gasteiger partial charge in [0.05, 0.1) is 0 Å². The molecule has 5 nitrogen and oxygen atoms in total. The second-order valence-corrected chi connectivity index (χ2v) is 3.33. The summed E-state index contributed by atoms with van der Waals surface area (Å²) in [5.74, 6) is 1.77. The third-order valence-electron chi connectivity index (χ3n) is 2.18. The summed E-state index contributed by atoms with van der Waals surface area (Å²) in [6.45, 7) is 0. The molecule has 0 amide bonds. The van der Waals surface area contributed by atoms with Crippen LogP contribution in [0.3, 0.4) is 0 Å². The zero-order chi connectivity index (χ0) is 9.38. The van der Waals surface area contributed by atoms with Crippen LogP contribution in [0, 0.1) is 0 Å². The maximum Gasteiger partial charge on any atom is 0.230 e. The van der Waals surface area contributed by atoms with Gasteiger partial charge in [-0.1, -0.05) is 5.16 Å². The quantitative estimate of drug-likeness (QED) is 0.712. The van der Waals surface area contributed by atoms with E-state index in [1.807, 2.05) is 0 Å². The molecule has 0 N–H and O–H groups in total. The molecule has 2 aromatic rings. The van der Waals surface area contributed by atoms with Gasteiger partial charge in [-0.05, 0) is 18.9 Å². The Hall–Kier alpha value is -1.78. The molecular formula is C9H8N4O. The van der Waals surface area contributed by atoms with Crippen molar-refractivity contribution in [2.24, 2.45) is 0 Å². The first-order valence-electron chi connectivity index (χ1n) is 4.53. The van der Waals surface area contributed by atoms with Gasteiger partial charge >= 0.3 is 0 Å². The minimum Gasteiger partial charge on any atom is -0.339 e. The second kappa shape index (κ2) is 2.87. The summed E-state index contributed by atoms with van der Waals surface area (Å²) in [4.78, 5) is 12.1. The highest BCUT2D eigenvalue weighted by Gasteiger charge is 2.29. The largest absolute Gasteiger partial charge is 0.339 e. The Kier molecular flexibility index (Phi) is 1.56. The summed E-state index contributed by atoms with van der Waals surface area (Å²) in [5.41, 5.74) is 0.704. The van der Waals surface area contributed by atoms with Crippen LogP contribution in [0.2, 0.25) is 0 Å². The monoisotopic (exact) mass is 188 g/mol. The van der Waals surface area contributed by atoms with Gasteiger partial charge in [0, 0.05) is 12.1 Å². The van der Waals surface area contributed by atoms with E-state index in [-0.39, 0.29) is 0 Å². The molecule has 0 saturated heterocycles. The summed E-state index contributed by atoms with van der Waals surface area (Å²) < 4.78 is 5.12. The van der Waals surface area contributed by atoms with Crippen molar-refractivity contribution in [2.75, 3.05) is 0 Å². The van der Waals surface area contributed by atoms with Gasteiger partial charge in [-0.3, -0.25) is 0 Å². The highest BCUT2D eigenvalue weighted by Crippen LogP contribution is 2.39. The van der Waals surface area contributed by atoms with E-state index in [1.54, 1.807) is 12.3 Å². The lowest BCUT2D eigenvalue weighted by Gasteiger charge is -1.88. The first-order chi connectivity index (χ1) is 6.93. The summed E-state index contributed by atoms with van der Waals surface area (Å²) in [6, 6.07) is 1.77. The number of aromatic nitrogens is 4. The molecule has 0 aromatic carbocycles. The van der Waals surface area contributed by atoms with Crippen molar-refractivity contribution < 1.29 is 4.52 Å². The smallest absolute Gasteiger partial charge is 0.230 e. The lowest BCUT2D eigenvalue weighted by molar-refractivity contribution is 0.380. The highest BCUT2D eigenvalue weighted by atomic mass is 16.5. The number of rotatable bonds is 2. The predicted molar refractivity (Wildman–Crippen MR) is 47.3 cm³/mol. The van der Waals surface area contributed by atoms with E-state index in [9.17, 15) is 0 Å². The lowest BCUT2D eigenvalue weighted by atomic mass is 10.4. The molecule has 1 aliphatic carbocycles. The van der Waals surface area contributed by atoms with Gasteiger partial charge in [0.25, 0.3) is 0 Å². The van der Waals surface area contributed by atoms with Gasteiger partial charge in [0.2, 0.25) is 11.7 Å². The molecule has 70 valence electrons. The normalized spacial score (nSPS) is 15.7. The molecule has 0 unspecified atom stereocenters. The summed E-state index contributed by atoms with van der Waals surface area (Å²) in [6.07, 6.45) is 5.45. The van der Waals surface area contributed by atoms with Crippen molar-refractivity contribution in [1.82, 2.24) is 20.1 Å². The molecule has 0 atom stereocenters. The van der Waals surface area contributed by atoms with Gasteiger partial charge in [0.1, 0.15) is 12.0 Å². The van der Waals surface area contributed by atoms with Crippen LogP contribution in [0.15, 0.2) is 23.1 Å². The number of hydrogen-bond acceptors (Lipinski definition) is 5. The zero-order valence-electron chi connectivity index (χ0n) is 7.42. The fourth-order valence-electron chi connectivity index (χ4n) is 1.26. The molecule has 0 bridgehead atoms. The third-order valence-corrected chi connectivity index (χ3v) is 2.18. The Morgan fingerprint density at radius 3 is 3.00 bits per heavy atom. The van der Waals surface area contributed by atoms with Crippen molar-refractivity contribution in [3.8, 4) is 11.5 Å². The Morgan fingerprint density at radius 1 is 1.36 bits per heavy atom. The zero-order valence-corrected chi connectivity index (χ0v) is 7.42. The van der Waals surface area contributed by atoms with E-state index < -0.39 is 0 Å². The third kappa shape index (κ3) is 1.26. The molecule has 2 aromatic heterocycles. The molecule has 1 aliphatic rings. The van der Waals surface area contributed by atoms with E-state index in [0.29, 0.717) is 17.4 Å². The van der Waals surface area contributed by atoms with Crippen molar-refractivity contribution in [1.29, 1.82) is 0 Å². The van der Waals surface area contributed by atoms with Crippen LogP contribution in [0.25, 0.3) is 11.5 Å². The van der Waals surface area contributed by atoms with Gasteiger partial charge in [-0.25, -0.2) is 9.97 Å². The predicted octanol–water partition coefficient (Wildman–Crippen LogP) is 1.40. The summed E-state index contributed by atoms with van der Waals surface area (Å²) >= 11 is 0. The maximum atomic E-state index is 5.12. The van der Waals surface area contributed by atoms with Gasteiger partial charge in [-0.2, -0.15) is 4.98 Å². The highest BCUT2D eigenvalue weighted by molar-refractivity contribution is 5.46. The fraction of sp³-hybridized carbons (Fsp3) is 0.333.